The molecule has 0 bridgehead atoms. The fraction of sp³-hybridized carbons (Fsp3) is 0.273. The quantitative estimate of drug-likeness (QED) is 0.768. The van der Waals surface area contributed by atoms with Gasteiger partial charge in [0.1, 0.15) is 6.61 Å². The Balaban J connectivity index is 2.33. The van der Waals surface area contributed by atoms with E-state index in [2.05, 4.69) is 10.2 Å². The first-order valence-electron chi connectivity index (χ1n) is 4.68. The second-order valence-electron chi connectivity index (χ2n) is 3.25. The summed E-state index contributed by atoms with van der Waals surface area (Å²) in [4.78, 5) is 0. The number of hydrogen-bond acceptors (Lipinski definition) is 4. The molecule has 0 aliphatic carbocycles. The normalized spacial score (nSPS) is 10.5. The van der Waals surface area contributed by atoms with Gasteiger partial charge in [-0.25, -0.2) is 0 Å². The fourth-order valence-corrected chi connectivity index (χ4v) is 1.36. The fourth-order valence-electron chi connectivity index (χ4n) is 1.36. The van der Waals surface area contributed by atoms with Gasteiger partial charge < -0.3 is 9.15 Å². The molecule has 1 aromatic carbocycles. The minimum absolute atomic E-state index is 0.346. The molecular weight excluding hydrogens is 192 g/mol. The van der Waals surface area contributed by atoms with Crippen molar-refractivity contribution in [1.29, 1.82) is 0 Å². The number of ether oxygens (including phenoxy) is 1. The van der Waals surface area contributed by atoms with Gasteiger partial charge in [0.15, 0.2) is 0 Å². The van der Waals surface area contributed by atoms with E-state index < -0.39 is 0 Å². The van der Waals surface area contributed by atoms with Crippen LogP contribution in [-0.4, -0.2) is 17.3 Å². The molecule has 0 N–H and O–H groups in total. The summed E-state index contributed by atoms with van der Waals surface area (Å²) >= 11 is 0. The van der Waals surface area contributed by atoms with Crippen LogP contribution in [0.25, 0.3) is 11.5 Å². The zero-order valence-corrected chi connectivity index (χ0v) is 8.73. The lowest BCUT2D eigenvalue weighted by molar-refractivity contribution is 0.160. The average molecular weight is 204 g/mol. The van der Waals surface area contributed by atoms with E-state index in [1.165, 1.54) is 0 Å². The molecule has 0 spiro atoms. The topological polar surface area (TPSA) is 48.2 Å². The standard InChI is InChI=1S/C11H12N2O2/c1-8-5-3-4-6-9(8)11-13-12-10(15-11)7-14-2/h3-6H,7H2,1-2H3. The Labute approximate surface area is 87.9 Å². The van der Waals surface area contributed by atoms with E-state index in [9.17, 15) is 0 Å². The zero-order valence-electron chi connectivity index (χ0n) is 8.73. The van der Waals surface area contributed by atoms with E-state index in [-0.39, 0.29) is 0 Å². The van der Waals surface area contributed by atoms with Crippen LogP contribution < -0.4 is 0 Å². The van der Waals surface area contributed by atoms with Crippen LogP contribution in [-0.2, 0) is 11.3 Å². The van der Waals surface area contributed by atoms with Crippen LogP contribution in [0.2, 0.25) is 0 Å². The monoisotopic (exact) mass is 204 g/mol. The Kier molecular flexibility index (Phi) is 2.78. The molecule has 15 heavy (non-hydrogen) atoms. The summed E-state index contributed by atoms with van der Waals surface area (Å²) in [5, 5.41) is 7.85. The van der Waals surface area contributed by atoms with Crippen LogP contribution in [0.3, 0.4) is 0 Å². The van der Waals surface area contributed by atoms with Crippen molar-refractivity contribution in [2.75, 3.05) is 7.11 Å². The Morgan fingerprint density at radius 2 is 2.07 bits per heavy atom. The van der Waals surface area contributed by atoms with Gasteiger partial charge in [0, 0.05) is 12.7 Å². The summed E-state index contributed by atoms with van der Waals surface area (Å²) in [6, 6.07) is 7.89. The third-order valence-corrected chi connectivity index (χ3v) is 2.11. The first-order chi connectivity index (χ1) is 7.31. The summed E-state index contributed by atoms with van der Waals surface area (Å²) in [6.45, 7) is 2.36. The highest BCUT2D eigenvalue weighted by atomic mass is 16.5. The lowest BCUT2D eigenvalue weighted by Gasteiger charge is -1.98. The van der Waals surface area contributed by atoms with Crippen molar-refractivity contribution in [3.8, 4) is 11.5 Å². The van der Waals surface area contributed by atoms with Gasteiger partial charge in [-0.2, -0.15) is 0 Å². The van der Waals surface area contributed by atoms with Crippen molar-refractivity contribution in [3.05, 3.63) is 35.7 Å². The summed E-state index contributed by atoms with van der Waals surface area (Å²) in [5.41, 5.74) is 2.08. The SMILES string of the molecule is COCc1nnc(-c2ccccc2C)o1. The first-order valence-corrected chi connectivity index (χ1v) is 4.68. The molecule has 4 heteroatoms. The molecule has 0 atom stereocenters. The van der Waals surface area contributed by atoms with Crippen molar-refractivity contribution in [3.63, 3.8) is 0 Å². The van der Waals surface area contributed by atoms with E-state index in [0.29, 0.717) is 18.4 Å². The molecular formula is C11H12N2O2. The molecule has 0 radical (unpaired) electrons. The predicted octanol–water partition coefficient (Wildman–Crippen LogP) is 2.19. The Morgan fingerprint density at radius 1 is 1.27 bits per heavy atom. The van der Waals surface area contributed by atoms with Gasteiger partial charge in [0.05, 0.1) is 0 Å². The molecule has 78 valence electrons. The Morgan fingerprint density at radius 3 is 2.80 bits per heavy atom. The summed E-state index contributed by atoms with van der Waals surface area (Å²) < 4.78 is 10.4. The average Bonchev–Trinajstić information content (AvgIpc) is 2.68. The van der Waals surface area contributed by atoms with Crippen LogP contribution in [0.4, 0.5) is 0 Å². The largest absolute Gasteiger partial charge is 0.418 e. The molecule has 0 fully saturated rings. The molecule has 0 amide bonds. The van der Waals surface area contributed by atoms with Crippen LogP contribution in [0.5, 0.6) is 0 Å². The van der Waals surface area contributed by atoms with Crippen molar-refractivity contribution < 1.29 is 9.15 Å². The molecule has 1 aromatic heterocycles. The number of nitrogens with zero attached hydrogens (tertiary/aromatic N) is 2. The molecule has 1 heterocycles. The second-order valence-corrected chi connectivity index (χ2v) is 3.25. The summed E-state index contributed by atoms with van der Waals surface area (Å²) in [7, 11) is 1.59. The molecule has 2 aromatic rings. The van der Waals surface area contributed by atoms with E-state index >= 15 is 0 Å². The lowest BCUT2D eigenvalue weighted by Crippen LogP contribution is -1.85. The highest BCUT2D eigenvalue weighted by molar-refractivity contribution is 5.57. The van der Waals surface area contributed by atoms with Crippen molar-refractivity contribution in [1.82, 2.24) is 10.2 Å². The third kappa shape index (κ3) is 2.05. The number of aromatic nitrogens is 2. The highest BCUT2D eigenvalue weighted by Crippen LogP contribution is 2.21. The molecule has 0 unspecified atom stereocenters. The minimum Gasteiger partial charge on any atom is -0.418 e. The van der Waals surface area contributed by atoms with Gasteiger partial charge in [-0.15, -0.1) is 10.2 Å². The van der Waals surface area contributed by atoms with Crippen molar-refractivity contribution in [2.24, 2.45) is 0 Å². The summed E-state index contributed by atoms with van der Waals surface area (Å²) in [5.74, 6) is 1.04. The first kappa shape index (κ1) is 9.86. The number of hydrogen-bond donors (Lipinski definition) is 0. The zero-order chi connectivity index (χ0) is 10.7. The van der Waals surface area contributed by atoms with E-state index in [1.54, 1.807) is 7.11 Å². The molecule has 0 aliphatic heterocycles. The summed E-state index contributed by atoms with van der Waals surface area (Å²) in [6.07, 6.45) is 0. The maximum Gasteiger partial charge on any atom is 0.248 e. The maximum absolute atomic E-state index is 5.44. The number of methoxy groups -OCH3 is 1. The number of aryl methyl sites for hydroxylation is 1. The van der Waals surface area contributed by atoms with Crippen LogP contribution >= 0.6 is 0 Å². The molecule has 0 aliphatic rings. The van der Waals surface area contributed by atoms with Crippen LogP contribution in [0.1, 0.15) is 11.5 Å². The van der Waals surface area contributed by atoms with Crippen molar-refractivity contribution >= 4 is 0 Å². The smallest absolute Gasteiger partial charge is 0.248 e. The van der Waals surface area contributed by atoms with Crippen LogP contribution in [0, 0.1) is 6.92 Å². The van der Waals surface area contributed by atoms with Gasteiger partial charge in [-0.05, 0) is 18.6 Å². The van der Waals surface area contributed by atoms with E-state index in [1.807, 2.05) is 31.2 Å². The Bertz CT molecular complexity index is 451. The molecule has 2 rings (SSSR count). The third-order valence-electron chi connectivity index (χ3n) is 2.11. The van der Waals surface area contributed by atoms with Gasteiger partial charge in [-0.1, -0.05) is 18.2 Å². The lowest BCUT2D eigenvalue weighted by atomic mass is 10.1. The molecule has 0 saturated heterocycles. The predicted molar refractivity (Wildman–Crippen MR) is 55.2 cm³/mol. The van der Waals surface area contributed by atoms with Gasteiger partial charge in [-0.3, -0.25) is 0 Å². The van der Waals surface area contributed by atoms with E-state index in [0.717, 1.165) is 11.1 Å². The van der Waals surface area contributed by atoms with E-state index in [4.69, 9.17) is 9.15 Å². The second kappa shape index (κ2) is 4.23. The van der Waals surface area contributed by atoms with Gasteiger partial charge in [0.2, 0.25) is 11.8 Å². The minimum atomic E-state index is 0.346. The Hall–Kier alpha value is -1.68. The van der Waals surface area contributed by atoms with Gasteiger partial charge >= 0.3 is 0 Å². The van der Waals surface area contributed by atoms with Gasteiger partial charge in [0.25, 0.3) is 0 Å². The van der Waals surface area contributed by atoms with Crippen molar-refractivity contribution in [2.45, 2.75) is 13.5 Å². The molecule has 0 saturated carbocycles. The van der Waals surface area contributed by atoms with Crippen LogP contribution in [0.15, 0.2) is 28.7 Å². The molecule has 4 nitrogen and oxygen atoms in total. The number of benzene rings is 1. The highest BCUT2D eigenvalue weighted by Gasteiger charge is 2.09. The maximum atomic E-state index is 5.44. The number of rotatable bonds is 3.